The molecule has 0 aliphatic heterocycles. The molecule has 174 valence electrons. The predicted octanol–water partition coefficient (Wildman–Crippen LogP) is 5.03. The van der Waals surface area contributed by atoms with Crippen LogP contribution in [-0.4, -0.2) is 87.0 Å². The molecule has 1 aromatic rings. The van der Waals surface area contributed by atoms with E-state index in [1.54, 1.807) is 0 Å². The van der Waals surface area contributed by atoms with E-state index in [0.29, 0.717) is 12.8 Å². The first kappa shape index (κ1) is 30.6. The number of benzene rings is 1. The van der Waals surface area contributed by atoms with Crippen molar-refractivity contribution in [3.63, 3.8) is 0 Å². The van der Waals surface area contributed by atoms with E-state index in [1.807, 2.05) is 0 Å². The maximum absolute atomic E-state index is 12.3. The standard InChI is InChI=1S/C22H34O7S.Ba.2H/c1-3-5-7-9-11-13-28-21(23)18-15-19(17-20(16-18)30(25,26)27)22(24)29-14-12-10-8-6-4-2;;;/h15-17H,3-14H2,1-2H3,(H,25,26,27);;;/q;+2;2*-1. The number of ether oxygens (including phenoxy) is 2. The molecule has 0 saturated carbocycles. The van der Waals surface area contributed by atoms with Crippen LogP contribution in [0, 0.1) is 0 Å². The van der Waals surface area contributed by atoms with Crippen LogP contribution >= 0.6 is 0 Å². The largest absolute Gasteiger partial charge is 2.00 e. The second-order valence-electron chi connectivity index (χ2n) is 7.32. The molecular formula is C22H36BaO7S. The summed E-state index contributed by atoms with van der Waals surface area (Å²) in [5, 5.41) is 0. The minimum absolute atomic E-state index is 0. The van der Waals surface area contributed by atoms with Crippen LogP contribution in [0.15, 0.2) is 23.1 Å². The molecule has 0 aliphatic rings. The fourth-order valence-corrected chi connectivity index (χ4v) is 3.44. The van der Waals surface area contributed by atoms with Crippen LogP contribution in [0.4, 0.5) is 0 Å². The molecule has 0 aliphatic carbocycles. The van der Waals surface area contributed by atoms with Crippen molar-refractivity contribution in [1.29, 1.82) is 0 Å². The number of hydrogen-bond donors (Lipinski definition) is 1. The monoisotopic (exact) mass is 582 g/mol. The number of esters is 2. The van der Waals surface area contributed by atoms with E-state index in [-0.39, 0.29) is 76.1 Å². The van der Waals surface area contributed by atoms with Gasteiger partial charge in [0.15, 0.2) is 0 Å². The molecule has 9 heteroatoms. The first-order chi connectivity index (χ1) is 14.3. The molecule has 1 aromatic carbocycles. The number of unbranched alkanes of at least 4 members (excludes halogenated alkanes) is 8. The second-order valence-corrected chi connectivity index (χ2v) is 8.74. The maximum Gasteiger partial charge on any atom is 2.00 e. The van der Waals surface area contributed by atoms with Crippen LogP contribution < -0.4 is 0 Å². The zero-order valence-corrected chi connectivity index (χ0v) is 24.0. The van der Waals surface area contributed by atoms with Gasteiger partial charge in [-0.15, -0.1) is 0 Å². The Balaban J connectivity index is -0.00000300. The van der Waals surface area contributed by atoms with E-state index in [0.717, 1.165) is 63.5 Å². The zero-order valence-electron chi connectivity index (χ0n) is 20.7. The van der Waals surface area contributed by atoms with E-state index >= 15 is 0 Å². The van der Waals surface area contributed by atoms with Crippen LogP contribution in [0.3, 0.4) is 0 Å². The molecular weight excluding hydrogens is 546 g/mol. The summed E-state index contributed by atoms with van der Waals surface area (Å²) in [6.07, 6.45) is 9.85. The third kappa shape index (κ3) is 13.1. The van der Waals surface area contributed by atoms with Crippen LogP contribution in [0.2, 0.25) is 0 Å². The molecule has 0 aromatic heterocycles. The zero-order chi connectivity index (χ0) is 22.4. The average Bonchev–Trinajstić information content (AvgIpc) is 2.71. The van der Waals surface area contributed by atoms with Gasteiger partial charge in [-0.1, -0.05) is 65.2 Å². The summed E-state index contributed by atoms with van der Waals surface area (Å²) >= 11 is 0. The molecule has 0 radical (unpaired) electrons. The molecule has 31 heavy (non-hydrogen) atoms. The minimum atomic E-state index is -4.60. The average molecular weight is 582 g/mol. The summed E-state index contributed by atoms with van der Waals surface area (Å²) in [6, 6.07) is 3.22. The van der Waals surface area contributed by atoms with Crippen molar-refractivity contribution in [2.24, 2.45) is 0 Å². The molecule has 0 saturated heterocycles. The Bertz CT molecular complexity index is 743. The Morgan fingerprint density at radius 3 is 1.52 bits per heavy atom. The maximum atomic E-state index is 12.3. The molecule has 1 N–H and O–H groups in total. The Morgan fingerprint density at radius 2 is 1.16 bits per heavy atom. The summed E-state index contributed by atoms with van der Waals surface area (Å²) in [6.45, 7) is 4.63. The van der Waals surface area contributed by atoms with Crippen molar-refractivity contribution in [1.82, 2.24) is 0 Å². The van der Waals surface area contributed by atoms with E-state index in [2.05, 4.69) is 13.8 Å². The number of hydrogen-bond acceptors (Lipinski definition) is 6. The first-order valence-corrected chi connectivity index (χ1v) is 12.2. The van der Waals surface area contributed by atoms with Crippen LogP contribution in [0.1, 0.15) is 102 Å². The van der Waals surface area contributed by atoms with Crippen LogP contribution in [0.5, 0.6) is 0 Å². The first-order valence-electron chi connectivity index (χ1n) is 10.8. The van der Waals surface area contributed by atoms with Gasteiger partial charge in [-0.2, -0.15) is 8.42 Å². The minimum Gasteiger partial charge on any atom is -1.00 e. The van der Waals surface area contributed by atoms with Crippen LogP contribution in [-0.2, 0) is 19.6 Å². The van der Waals surface area contributed by atoms with Crippen molar-refractivity contribution < 1.29 is 34.9 Å². The molecule has 0 heterocycles. The molecule has 0 fully saturated rings. The fraction of sp³-hybridized carbons (Fsp3) is 0.636. The van der Waals surface area contributed by atoms with Gasteiger partial charge in [0, 0.05) is 0 Å². The molecule has 0 bridgehead atoms. The summed E-state index contributed by atoms with van der Waals surface area (Å²) in [7, 11) is -4.60. The molecule has 7 nitrogen and oxygen atoms in total. The van der Waals surface area contributed by atoms with Crippen LogP contribution in [0.25, 0.3) is 0 Å². The van der Waals surface area contributed by atoms with Gasteiger partial charge in [0.05, 0.1) is 29.2 Å². The van der Waals surface area contributed by atoms with Gasteiger partial charge in [0.25, 0.3) is 10.1 Å². The normalized spacial score (nSPS) is 10.9. The van der Waals surface area contributed by atoms with Gasteiger partial charge in [-0.3, -0.25) is 4.55 Å². The van der Waals surface area contributed by atoms with E-state index in [1.165, 1.54) is 6.07 Å². The summed E-state index contributed by atoms with van der Waals surface area (Å²) < 4.78 is 42.8. The molecule has 0 spiro atoms. The quantitative estimate of drug-likeness (QED) is 0.134. The molecule has 0 atom stereocenters. The van der Waals surface area contributed by atoms with Crippen molar-refractivity contribution in [3.05, 3.63) is 29.3 Å². The van der Waals surface area contributed by atoms with E-state index in [4.69, 9.17) is 9.47 Å². The molecule has 0 amide bonds. The Kier molecular flexibility index (Phi) is 17.0. The Hall–Kier alpha value is -0.359. The number of rotatable bonds is 15. The predicted molar refractivity (Wildman–Crippen MR) is 122 cm³/mol. The van der Waals surface area contributed by atoms with Crippen molar-refractivity contribution in [3.8, 4) is 0 Å². The second kappa shape index (κ2) is 17.2. The Labute approximate surface area is 229 Å². The smallest absolute Gasteiger partial charge is 1.00 e. The van der Waals surface area contributed by atoms with E-state index in [9.17, 15) is 22.6 Å². The van der Waals surface area contributed by atoms with Gasteiger partial charge in [0.1, 0.15) is 0 Å². The third-order valence-corrected chi connectivity index (χ3v) is 5.47. The van der Waals surface area contributed by atoms with E-state index < -0.39 is 27.0 Å². The topological polar surface area (TPSA) is 107 Å². The van der Waals surface area contributed by atoms with Crippen molar-refractivity contribution >= 4 is 70.9 Å². The fourth-order valence-electron chi connectivity index (χ4n) is 2.89. The number of carbonyl (C=O) groups excluding carboxylic acids is 2. The van der Waals surface area contributed by atoms with Gasteiger partial charge in [0.2, 0.25) is 0 Å². The summed E-state index contributed by atoms with van der Waals surface area (Å²) in [5.41, 5.74) is -0.234. The van der Waals surface area contributed by atoms with Gasteiger partial charge >= 0.3 is 60.8 Å². The van der Waals surface area contributed by atoms with Crippen molar-refractivity contribution in [2.45, 2.75) is 83.0 Å². The van der Waals surface area contributed by atoms with Gasteiger partial charge in [-0.25, -0.2) is 9.59 Å². The third-order valence-electron chi connectivity index (χ3n) is 4.64. The summed E-state index contributed by atoms with van der Waals surface area (Å²) in [4.78, 5) is 24.0. The van der Waals surface area contributed by atoms with Gasteiger partial charge in [-0.05, 0) is 31.0 Å². The molecule has 0 unspecified atom stereocenters. The SMILES string of the molecule is CCCCCCCOC(=O)c1cc(C(=O)OCCCCCCC)cc(S(=O)(=O)O)c1.[Ba+2].[H-].[H-]. The molecule has 1 rings (SSSR count). The number of carbonyl (C=O) groups is 2. The van der Waals surface area contributed by atoms with Crippen molar-refractivity contribution in [2.75, 3.05) is 13.2 Å². The summed E-state index contributed by atoms with van der Waals surface area (Å²) in [5.74, 6) is -1.49. The Morgan fingerprint density at radius 1 is 0.774 bits per heavy atom. The van der Waals surface area contributed by atoms with Gasteiger partial charge < -0.3 is 12.3 Å².